The van der Waals surface area contributed by atoms with E-state index in [4.69, 9.17) is 0 Å². The highest BCUT2D eigenvalue weighted by Crippen LogP contribution is 2.22. The van der Waals surface area contributed by atoms with Crippen molar-refractivity contribution in [2.24, 2.45) is 0 Å². The summed E-state index contributed by atoms with van der Waals surface area (Å²) in [5.74, 6) is 0. The van der Waals surface area contributed by atoms with Crippen LogP contribution in [-0.4, -0.2) is 17.4 Å². The van der Waals surface area contributed by atoms with Gasteiger partial charge in [0.1, 0.15) is 4.60 Å². The fraction of sp³-hybridized carbons (Fsp3) is 0.0714. The molecule has 0 saturated heterocycles. The summed E-state index contributed by atoms with van der Waals surface area (Å²) in [5, 5.41) is 0. The van der Waals surface area contributed by atoms with Crippen LogP contribution in [0.15, 0.2) is 58.2 Å². The third kappa shape index (κ3) is 2.14. The summed E-state index contributed by atoms with van der Waals surface area (Å²) < 4.78 is 27.2. The van der Waals surface area contributed by atoms with Gasteiger partial charge in [-0.15, -0.1) is 0 Å². The first-order valence-corrected chi connectivity index (χ1v) is 8.18. The van der Waals surface area contributed by atoms with Gasteiger partial charge in [0, 0.05) is 6.20 Å². The summed E-state index contributed by atoms with van der Waals surface area (Å²) in [6, 6.07) is 11.9. The Morgan fingerprint density at radius 2 is 1.75 bits per heavy atom. The zero-order valence-electron chi connectivity index (χ0n) is 10.6. The van der Waals surface area contributed by atoms with E-state index in [9.17, 15) is 8.42 Å². The quantitative estimate of drug-likeness (QED) is 0.666. The van der Waals surface area contributed by atoms with Crippen LogP contribution < -0.4 is 0 Å². The first kappa shape index (κ1) is 13.3. The van der Waals surface area contributed by atoms with Crippen molar-refractivity contribution in [1.82, 2.24) is 8.96 Å². The molecule has 0 spiro atoms. The van der Waals surface area contributed by atoms with Gasteiger partial charge in [0.15, 0.2) is 0 Å². The van der Waals surface area contributed by atoms with Crippen LogP contribution in [0.4, 0.5) is 0 Å². The van der Waals surface area contributed by atoms with E-state index in [2.05, 4.69) is 20.9 Å². The largest absolute Gasteiger partial charge is 0.268 e. The first-order valence-electron chi connectivity index (χ1n) is 5.94. The Kier molecular flexibility index (Phi) is 3.14. The maximum absolute atomic E-state index is 12.6. The molecule has 0 aliphatic heterocycles. The number of rotatable bonds is 2. The smallest absolute Gasteiger partial charge is 0.240 e. The van der Waals surface area contributed by atoms with Crippen molar-refractivity contribution in [3.8, 4) is 0 Å². The van der Waals surface area contributed by atoms with Crippen molar-refractivity contribution in [3.05, 3.63) is 58.8 Å². The third-order valence-corrected chi connectivity index (χ3v) is 5.20. The molecule has 0 saturated carbocycles. The molecule has 0 unspecified atom stereocenters. The molecule has 1 aromatic carbocycles. The van der Waals surface area contributed by atoms with Crippen molar-refractivity contribution >= 4 is 37.0 Å². The second-order valence-corrected chi connectivity index (χ2v) is 7.10. The molecule has 6 heteroatoms. The van der Waals surface area contributed by atoms with E-state index in [1.54, 1.807) is 42.5 Å². The molecule has 102 valence electrons. The van der Waals surface area contributed by atoms with Crippen LogP contribution in [0.5, 0.6) is 0 Å². The van der Waals surface area contributed by atoms with Gasteiger partial charge < -0.3 is 0 Å². The van der Waals surface area contributed by atoms with Gasteiger partial charge in [-0.25, -0.2) is 17.4 Å². The summed E-state index contributed by atoms with van der Waals surface area (Å²) in [7, 11) is -3.59. The van der Waals surface area contributed by atoms with Crippen molar-refractivity contribution in [2.45, 2.75) is 11.8 Å². The van der Waals surface area contributed by atoms with Crippen molar-refractivity contribution < 1.29 is 8.42 Å². The number of nitrogens with zero attached hydrogens (tertiary/aromatic N) is 2. The average Bonchev–Trinajstić information content (AvgIpc) is 2.82. The minimum Gasteiger partial charge on any atom is -0.240 e. The molecule has 3 aromatic rings. The SMILES string of the molecule is Cc1ccc(S(=O)(=O)n2ccc3nc(Br)ccc32)cc1. The molecule has 0 radical (unpaired) electrons. The number of aryl methyl sites for hydroxylation is 1. The predicted molar refractivity (Wildman–Crippen MR) is 81.2 cm³/mol. The Labute approximate surface area is 125 Å². The Bertz CT molecular complexity index is 883. The standard InChI is InChI=1S/C14H11BrN2O2S/c1-10-2-4-11(5-3-10)20(18,19)17-9-8-12-13(17)6-7-14(15)16-12/h2-9H,1H3. The van der Waals surface area contributed by atoms with Crippen LogP contribution in [-0.2, 0) is 10.0 Å². The summed E-state index contributed by atoms with van der Waals surface area (Å²) in [6.45, 7) is 1.92. The molecule has 0 aliphatic carbocycles. The minimum atomic E-state index is -3.59. The normalized spacial score (nSPS) is 11.9. The molecule has 0 fully saturated rings. The number of benzene rings is 1. The van der Waals surface area contributed by atoms with E-state index in [-0.39, 0.29) is 4.90 Å². The zero-order valence-corrected chi connectivity index (χ0v) is 13.0. The summed E-state index contributed by atoms with van der Waals surface area (Å²) in [5.41, 5.74) is 2.22. The molecule has 0 amide bonds. The zero-order chi connectivity index (χ0) is 14.3. The van der Waals surface area contributed by atoms with Gasteiger partial charge >= 0.3 is 0 Å². The van der Waals surface area contributed by atoms with Gasteiger partial charge in [-0.3, -0.25) is 0 Å². The molecule has 0 N–H and O–H groups in total. The van der Waals surface area contributed by atoms with Gasteiger partial charge in [0.2, 0.25) is 0 Å². The number of hydrogen-bond acceptors (Lipinski definition) is 3. The summed E-state index contributed by atoms with van der Waals surface area (Å²) in [6.07, 6.45) is 1.53. The molecule has 0 atom stereocenters. The van der Waals surface area contributed by atoms with Crippen LogP contribution >= 0.6 is 15.9 Å². The molecular weight excluding hydrogens is 340 g/mol. The van der Waals surface area contributed by atoms with Crippen LogP contribution in [0.1, 0.15) is 5.56 Å². The second-order valence-electron chi connectivity index (χ2n) is 4.47. The Hall–Kier alpha value is -1.66. The number of pyridine rings is 1. The van der Waals surface area contributed by atoms with E-state index < -0.39 is 10.0 Å². The molecule has 20 heavy (non-hydrogen) atoms. The molecular formula is C14H11BrN2O2S. The molecule has 2 heterocycles. The van der Waals surface area contributed by atoms with Crippen LogP contribution in [0.3, 0.4) is 0 Å². The lowest BCUT2D eigenvalue weighted by molar-refractivity contribution is 0.589. The van der Waals surface area contributed by atoms with Gasteiger partial charge in [0.05, 0.1) is 15.9 Å². The maximum atomic E-state index is 12.6. The van der Waals surface area contributed by atoms with Crippen molar-refractivity contribution in [3.63, 3.8) is 0 Å². The predicted octanol–water partition coefficient (Wildman–Crippen LogP) is 3.34. The van der Waals surface area contributed by atoms with E-state index in [0.717, 1.165) is 5.56 Å². The van der Waals surface area contributed by atoms with Gasteiger partial charge in [-0.2, -0.15) is 0 Å². The van der Waals surface area contributed by atoms with Gasteiger partial charge in [-0.1, -0.05) is 17.7 Å². The van der Waals surface area contributed by atoms with E-state index in [1.165, 1.54) is 10.2 Å². The third-order valence-electron chi connectivity index (χ3n) is 3.05. The molecule has 2 aromatic heterocycles. The lowest BCUT2D eigenvalue weighted by Crippen LogP contribution is -2.11. The number of halogens is 1. The Morgan fingerprint density at radius 1 is 1.05 bits per heavy atom. The highest BCUT2D eigenvalue weighted by atomic mass is 79.9. The maximum Gasteiger partial charge on any atom is 0.268 e. The summed E-state index contributed by atoms with van der Waals surface area (Å²) in [4.78, 5) is 4.52. The van der Waals surface area contributed by atoms with Gasteiger partial charge in [0.25, 0.3) is 10.0 Å². The van der Waals surface area contributed by atoms with E-state index >= 15 is 0 Å². The number of hydrogen-bond donors (Lipinski definition) is 0. The highest BCUT2D eigenvalue weighted by molar-refractivity contribution is 9.10. The molecule has 4 nitrogen and oxygen atoms in total. The lowest BCUT2D eigenvalue weighted by Gasteiger charge is -2.07. The summed E-state index contributed by atoms with van der Waals surface area (Å²) >= 11 is 3.28. The van der Waals surface area contributed by atoms with E-state index in [0.29, 0.717) is 15.6 Å². The fourth-order valence-electron chi connectivity index (χ4n) is 2.00. The average molecular weight is 351 g/mol. The minimum absolute atomic E-state index is 0.267. The monoisotopic (exact) mass is 350 g/mol. The fourth-order valence-corrected chi connectivity index (χ4v) is 3.67. The highest BCUT2D eigenvalue weighted by Gasteiger charge is 2.18. The topological polar surface area (TPSA) is 52.0 Å². The van der Waals surface area contributed by atoms with Gasteiger partial charge in [-0.05, 0) is 53.2 Å². The number of fused-ring (bicyclic) bond motifs is 1. The Morgan fingerprint density at radius 3 is 2.45 bits per heavy atom. The first-order chi connectivity index (χ1) is 9.48. The Balaban J connectivity index is 2.21. The van der Waals surface area contributed by atoms with Crippen LogP contribution in [0.2, 0.25) is 0 Å². The van der Waals surface area contributed by atoms with Crippen molar-refractivity contribution in [1.29, 1.82) is 0 Å². The van der Waals surface area contributed by atoms with Crippen LogP contribution in [0.25, 0.3) is 11.0 Å². The van der Waals surface area contributed by atoms with E-state index in [1.807, 2.05) is 6.92 Å². The molecule has 0 bridgehead atoms. The molecule has 0 aliphatic rings. The lowest BCUT2D eigenvalue weighted by atomic mass is 10.2. The molecule has 3 rings (SSSR count). The van der Waals surface area contributed by atoms with Crippen LogP contribution in [0, 0.1) is 6.92 Å². The number of aromatic nitrogens is 2. The second kappa shape index (κ2) is 4.71. The van der Waals surface area contributed by atoms with Crippen molar-refractivity contribution in [2.75, 3.05) is 0 Å².